The molecular weight excluding hydrogens is 240 g/mol. The molecule has 3 rings (SSSR count). The van der Waals surface area contributed by atoms with Crippen LogP contribution in [0.2, 0.25) is 0 Å². The highest BCUT2D eigenvalue weighted by Gasteiger charge is 2.41. The van der Waals surface area contributed by atoms with Gasteiger partial charge < -0.3 is 5.32 Å². The molecule has 2 nitrogen and oxygen atoms in total. The van der Waals surface area contributed by atoms with Crippen LogP contribution in [0.15, 0.2) is 24.3 Å². The molecule has 0 aliphatic heterocycles. The molecule has 0 amide bonds. The summed E-state index contributed by atoms with van der Waals surface area (Å²) in [6.45, 7) is 5.73. The zero-order valence-electron chi connectivity index (χ0n) is 11.1. The Bertz CT molecular complexity index is 509. The molecule has 1 N–H and O–H groups in total. The average molecular weight is 260 g/mol. The van der Waals surface area contributed by atoms with Crippen molar-refractivity contribution < 1.29 is 0 Å². The first-order valence-electron chi connectivity index (χ1n) is 6.75. The summed E-state index contributed by atoms with van der Waals surface area (Å²) in [6.07, 6.45) is 3.80. The molecule has 1 heterocycles. The van der Waals surface area contributed by atoms with Crippen molar-refractivity contribution in [3.05, 3.63) is 29.3 Å². The van der Waals surface area contributed by atoms with Gasteiger partial charge in [-0.05, 0) is 37.3 Å². The van der Waals surface area contributed by atoms with Crippen LogP contribution in [-0.4, -0.2) is 17.6 Å². The predicted octanol–water partition coefficient (Wildman–Crippen LogP) is 3.62. The van der Waals surface area contributed by atoms with Gasteiger partial charge in [-0.1, -0.05) is 19.1 Å². The van der Waals surface area contributed by atoms with E-state index in [0.29, 0.717) is 11.5 Å². The third-order valence-electron chi connectivity index (χ3n) is 4.21. The number of benzene rings is 1. The maximum atomic E-state index is 4.67. The molecular formula is C15H20N2S. The quantitative estimate of drug-likeness (QED) is 0.888. The number of hydrogen-bond donors (Lipinski definition) is 1. The largest absolute Gasteiger partial charge is 0.313 e. The third-order valence-corrected chi connectivity index (χ3v) is 5.31. The average Bonchev–Trinajstić information content (AvgIpc) is 2.99. The maximum absolute atomic E-state index is 4.67. The molecule has 1 unspecified atom stereocenters. The smallest absolute Gasteiger partial charge is 0.0951 e. The first-order valence-corrected chi connectivity index (χ1v) is 7.57. The third kappa shape index (κ3) is 2.43. The van der Waals surface area contributed by atoms with Gasteiger partial charge in [-0.15, -0.1) is 11.3 Å². The SMILES string of the molecule is CC(NCCc1nc2ccccc2s1)C1(C)CC1. The molecule has 1 aliphatic rings. The fourth-order valence-corrected chi connectivity index (χ4v) is 3.27. The van der Waals surface area contributed by atoms with E-state index in [1.807, 2.05) is 11.3 Å². The van der Waals surface area contributed by atoms with Crippen molar-refractivity contribution in [2.75, 3.05) is 6.54 Å². The Kier molecular flexibility index (Phi) is 3.12. The molecule has 0 saturated heterocycles. The van der Waals surface area contributed by atoms with Crippen molar-refractivity contribution in [3.63, 3.8) is 0 Å². The van der Waals surface area contributed by atoms with Crippen LogP contribution < -0.4 is 5.32 Å². The molecule has 3 heteroatoms. The molecule has 1 atom stereocenters. The summed E-state index contributed by atoms with van der Waals surface area (Å²) < 4.78 is 1.30. The zero-order chi connectivity index (χ0) is 12.6. The van der Waals surface area contributed by atoms with Gasteiger partial charge in [0.25, 0.3) is 0 Å². The molecule has 18 heavy (non-hydrogen) atoms. The monoisotopic (exact) mass is 260 g/mol. The van der Waals surface area contributed by atoms with E-state index in [0.717, 1.165) is 18.5 Å². The fraction of sp³-hybridized carbons (Fsp3) is 0.533. The van der Waals surface area contributed by atoms with E-state index in [9.17, 15) is 0 Å². The van der Waals surface area contributed by atoms with Gasteiger partial charge in [-0.3, -0.25) is 0 Å². The topological polar surface area (TPSA) is 24.9 Å². The van der Waals surface area contributed by atoms with Crippen LogP contribution in [0.4, 0.5) is 0 Å². The van der Waals surface area contributed by atoms with Crippen LogP contribution in [0.25, 0.3) is 10.2 Å². The lowest BCUT2D eigenvalue weighted by Gasteiger charge is -2.19. The number of nitrogens with one attached hydrogen (secondary N) is 1. The Labute approximate surface area is 112 Å². The van der Waals surface area contributed by atoms with Crippen LogP contribution >= 0.6 is 11.3 Å². The van der Waals surface area contributed by atoms with Crippen molar-refractivity contribution in [1.29, 1.82) is 0 Å². The van der Waals surface area contributed by atoms with Crippen LogP contribution in [0.3, 0.4) is 0 Å². The number of hydrogen-bond acceptors (Lipinski definition) is 3. The Morgan fingerprint density at radius 3 is 2.89 bits per heavy atom. The van der Waals surface area contributed by atoms with Gasteiger partial charge in [0.2, 0.25) is 0 Å². The highest BCUT2D eigenvalue weighted by atomic mass is 32.1. The lowest BCUT2D eigenvalue weighted by molar-refractivity contribution is 0.383. The van der Waals surface area contributed by atoms with Crippen molar-refractivity contribution in [2.24, 2.45) is 5.41 Å². The van der Waals surface area contributed by atoms with E-state index in [1.54, 1.807) is 0 Å². The molecule has 96 valence electrons. The molecule has 1 fully saturated rings. The number of nitrogens with zero attached hydrogens (tertiary/aromatic N) is 1. The van der Waals surface area contributed by atoms with Gasteiger partial charge in [0.15, 0.2) is 0 Å². The Hall–Kier alpha value is -0.930. The molecule has 1 saturated carbocycles. The van der Waals surface area contributed by atoms with Crippen molar-refractivity contribution in [2.45, 2.75) is 39.2 Å². The van der Waals surface area contributed by atoms with E-state index < -0.39 is 0 Å². The van der Waals surface area contributed by atoms with E-state index in [4.69, 9.17) is 0 Å². The van der Waals surface area contributed by atoms with Gasteiger partial charge in [-0.25, -0.2) is 4.98 Å². The summed E-state index contributed by atoms with van der Waals surface area (Å²) in [6, 6.07) is 9.01. The summed E-state index contributed by atoms with van der Waals surface area (Å²) in [5, 5.41) is 4.89. The van der Waals surface area contributed by atoms with Gasteiger partial charge in [-0.2, -0.15) is 0 Å². The van der Waals surface area contributed by atoms with Crippen molar-refractivity contribution in [3.8, 4) is 0 Å². The summed E-state index contributed by atoms with van der Waals surface area (Å²) in [5.41, 5.74) is 1.70. The van der Waals surface area contributed by atoms with Gasteiger partial charge in [0.1, 0.15) is 0 Å². The van der Waals surface area contributed by atoms with Crippen molar-refractivity contribution >= 4 is 21.6 Å². The maximum Gasteiger partial charge on any atom is 0.0951 e. The summed E-state index contributed by atoms with van der Waals surface area (Å²) >= 11 is 1.82. The van der Waals surface area contributed by atoms with Gasteiger partial charge in [0.05, 0.1) is 15.2 Å². The fourth-order valence-electron chi connectivity index (χ4n) is 2.30. The molecule has 0 radical (unpaired) electrons. The van der Waals surface area contributed by atoms with E-state index in [1.165, 1.54) is 22.5 Å². The summed E-state index contributed by atoms with van der Waals surface area (Å²) in [7, 11) is 0. The number of rotatable bonds is 5. The first kappa shape index (κ1) is 12.1. The normalized spacial score (nSPS) is 19.0. The molecule has 2 aromatic rings. The van der Waals surface area contributed by atoms with Crippen molar-refractivity contribution in [1.82, 2.24) is 10.3 Å². The lowest BCUT2D eigenvalue weighted by atomic mass is 10.0. The number of aromatic nitrogens is 1. The Morgan fingerprint density at radius 2 is 2.17 bits per heavy atom. The second kappa shape index (κ2) is 4.63. The summed E-state index contributed by atoms with van der Waals surface area (Å²) in [4.78, 5) is 4.67. The minimum absolute atomic E-state index is 0.563. The first-order chi connectivity index (χ1) is 8.67. The minimum atomic E-state index is 0.563. The summed E-state index contributed by atoms with van der Waals surface area (Å²) in [5.74, 6) is 0. The minimum Gasteiger partial charge on any atom is -0.313 e. The van der Waals surface area contributed by atoms with Crippen LogP contribution in [0.5, 0.6) is 0 Å². The Balaban J connectivity index is 1.56. The second-order valence-electron chi connectivity index (χ2n) is 5.66. The predicted molar refractivity (Wildman–Crippen MR) is 78.1 cm³/mol. The highest BCUT2D eigenvalue weighted by molar-refractivity contribution is 7.18. The van der Waals surface area contributed by atoms with E-state index in [-0.39, 0.29) is 0 Å². The molecule has 0 spiro atoms. The van der Waals surface area contributed by atoms with E-state index in [2.05, 4.69) is 48.4 Å². The van der Waals surface area contributed by atoms with Crippen LogP contribution in [0, 0.1) is 5.41 Å². The van der Waals surface area contributed by atoms with Crippen LogP contribution in [-0.2, 0) is 6.42 Å². The second-order valence-corrected chi connectivity index (χ2v) is 6.77. The van der Waals surface area contributed by atoms with Gasteiger partial charge in [0, 0.05) is 19.0 Å². The Morgan fingerprint density at radius 1 is 1.39 bits per heavy atom. The highest BCUT2D eigenvalue weighted by Crippen LogP contribution is 2.47. The molecule has 1 aliphatic carbocycles. The number of fused-ring (bicyclic) bond motifs is 1. The molecule has 0 bridgehead atoms. The molecule has 1 aromatic heterocycles. The number of para-hydroxylation sites is 1. The standard InChI is InChI=1S/C15H20N2S/c1-11(15(2)8-9-15)16-10-7-14-17-12-5-3-4-6-13(12)18-14/h3-6,11,16H,7-10H2,1-2H3. The number of thiazole rings is 1. The van der Waals surface area contributed by atoms with Crippen LogP contribution in [0.1, 0.15) is 31.7 Å². The lowest BCUT2D eigenvalue weighted by Crippen LogP contribution is -2.34. The van der Waals surface area contributed by atoms with Gasteiger partial charge >= 0.3 is 0 Å². The molecule has 1 aromatic carbocycles. The van der Waals surface area contributed by atoms with E-state index >= 15 is 0 Å². The zero-order valence-corrected chi connectivity index (χ0v) is 11.9.